The summed E-state index contributed by atoms with van der Waals surface area (Å²) in [4.78, 5) is 13.7. The van der Waals surface area contributed by atoms with Gasteiger partial charge in [0.15, 0.2) is 0 Å². The number of aliphatic imine (C=N–C) groups is 1. The van der Waals surface area contributed by atoms with Crippen LogP contribution in [0.3, 0.4) is 0 Å². The predicted octanol–water partition coefficient (Wildman–Crippen LogP) is 2.30. The summed E-state index contributed by atoms with van der Waals surface area (Å²) in [5.74, 6) is 0. The molecule has 0 fully saturated rings. The van der Waals surface area contributed by atoms with E-state index in [9.17, 15) is 10.1 Å². The van der Waals surface area contributed by atoms with Crippen molar-refractivity contribution >= 4 is 23.5 Å². The largest absolute Gasteiger partial charge is 0.296 e. The second kappa shape index (κ2) is 4.00. The molecule has 4 nitrogen and oxygen atoms in total. The minimum absolute atomic E-state index is 0.00926. The Morgan fingerprint density at radius 1 is 1.62 bits per heavy atom. The van der Waals surface area contributed by atoms with Crippen LogP contribution in [-0.2, 0) is 0 Å². The molecule has 0 atom stereocenters. The number of nitrogens with zero attached hydrogens (tertiary/aromatic N) is 2. The van der Waals surface area contributed by atoms with Crippen LogP contribution in [0.15, 0.2) is 23.2 Å². The molecule has 0 saturated carbocycles. The van der Waals surface area contributed by atoms with Gasteiger partial charge in [0.1, 0.15) is 0 Å². The van der Waals surface area contributed by atoms with E-state index in [1.54, 1.807) is 7.05 Å². The topological polar surface area (TPSA) is 55.5 Å². The molecule has 0 radical (unpaired) electrons. The van der Waals surface area contributed by atoms with Crippen molar-refractivity contribution in [2.45, 2.75) is 0 Å². The maximum absolute atomic E-state index is 10.5. The highest BCUT2D eigenvalue weighted by molar-refractivity contribution is 6.31. The molecule has 0 aliphatic rings. The van der Waals surface area contributed by atoms with Gasteiger partial charge in [-0.25, -0.2) is 0 Å². The van der Waals surface area contributed by atoms with Gasteiger partial charge >= 0.3 is 0 Å². The summed E-state index contributed by atoms with van der Waals surface area (Å²) in [6.45, 7) is 0. The lowest BCUT2D eigenvalue weighted by Crippen LogP contribution is -1.94. The normalized spacial score (nSPS) is 10.6. The maximum atomic E-state index is 10.5. The third kappa shape index (κ3) is 2.26. The second-order valence-corrected chi connectivity index (χ2v) is 2.78. The molecular formula is C8H7ClN2O2. The van der Waals surface area contributed by atoms with Crippen LogP contribution in [0.5, 0.6) is 0 Å². The van der Waals surface area contributed by atoms with E-state index < -0.39 is 4.92 Å². The molecule has 0 spiro atoms. The zero-order chi connectivity index (χ0) is 9.84. The second-order valence-electron chi connectivity index (χ2n) is 2.35. The molecule has 0 aliphatic heterocycles. The summed E-state index contributed by atoms with van der Waals surface area (Å²) < 4.78 is 0. The first-order chi connectivity index (χ1) is 6.15. The van der Waals surface area contributed by atoms with Crippen molar-refractivity contribution in [3.05, 3.63) is 38.9 Å². The van der Waals surface area contributed by atoms with Crippen molar-refractivity contribution < 1.29 is 4.92 Å². The summed E-state index contributed by atoms with van der Waals surface area (Å²) in [5, 5.41) is 11.0. The van der Waals surface area contributed by atoms with Gasteiger partial charge in [0.25, 0.3) is 5.69 Å². The van der Waals surface area contributed by atoms with Gasteiger partial charge in [-0.1, -0.05) is 11.6 Å². The van der Waals surface area contributed by atoms with Crippen molar-refractivity contribution in [1.82, 2.24) is 0 Å². The zero-order valence-electron chi connectivity index (χ0n) is 6.90. The fourth-order valence-corrected chi connectivity index (χ4v) is 1.11. The van der Waals surface area contributed by atoms with E-state index in [0.29, 0.717) is 10.6 Å². The van der Waals surface area contributed by atoms with Crippen molar-refractivity contribution in [2.75, 3.05) is 7.05 Å². The number of rotatable bonds is 2. The smallest absolute Gasteiger partial charge is 0.278 e. The average molecular weight is 199 g/mol. The van der Waals surface area contributed by atoms with Crippen LogP contribution >= 0.6 is 11.6 Å². The van der Waals surface area contributed by atoms with Gasteiger partial charge in [-0.2, -0.15) is 0 Å². The summed E-state index contributed by atoms with van der Waals surface area (Å²) in [5.41, 5.74) is 0.426. The molecule has 13 heavy (non-hydrogen) atoms. The molecular weight excluding hydrogens is 192 g/mol. The summed E-state index contributed by atoms with van der Waals surface area (Å²) in [6.07, 6.45) is 1.41. The van der Waals surface area contributed by atoms with Crippen molar-refractivity contribution in [2.24, 2.45) is 4.99 Å². The molecule has 0 N–H and O–H groups in total. The summed E-state index contributed by atoms with van der Waals surface area (Å²) >= 11 is 5.67. The van der Waals surface area contributed by atoms with Crippen molar-refractivity contribution in [3.8, 4) is 0 Å². The molecule has 1 aromatic rings. The minimum Gasteiger partial charge on any atom is -0.296 e. The summed E-state index contributed by atoms with van der Waals surface area (Å²) in [6, 6.07) is 4.35. The molecule has 0 amide bonds. The lowest BCUT2D eigenvalue weighted by Gasteiger charge is -1.96. The van der Waals surface area contributed by atoms with E-state index in [0.717, 1.165) is 0 Å². The Hall–Kier alpha value is -1.42. The van der Waals surface area contributed by atoms with E-state index in [4.69, 9.17) is 11.6 Å². The average Bonchev–Trinajstić information content (AvgIpc) is 2.04. The van der Waals surface area contributed by atoms with E-state index in [2.05, 4.69) is 4.99 Å². The van der Waals surface area contributed by atoms with Gasteiger partial charge in [0.2, 0.25) is 0 Å². The summed E-state index contributed by atoms with van der Waals surface area (Å²) in [7, 11) is 1.55. The number of nitro groups is 1. The highest BCUT2D eigenvalue weighted by Crippen LogP contribution is 2.20. The number of benzene rings is 1. The fraction of sp³-hybridized carbons (Fsp3) is 0.125. The van der Waals surface area contributed by atoms with Gasteiger partial charge in [0, 0.05) is 24.4 Å². The Morgan fingerprint density at radius 3 is 2.85 bits per heavy atom. The quantitative estimate of drug-likeness (QED) is 0.416. The van der Waals surface area contributed by atoms with Gasteiger partial charge in [-0.3, -0.25) is 15.1 Å². The van der Waals surface area contributed by atoms with E-state index in [-0.39, 0.29) is 5.69 Å². The van der Waals surface area contributed by atoms with Gasteiger partial charge in [-0.05, 0) is 12.1 Å². The molecule has 5 heteroatoms. The van der Waals surface area contributed by atoms with Crippen LogP contribution in [0, 0.1) is 10.1 Å². The molecule has 0 aliphatic carbocycles. The Balaban J connectivity index is 3.26. The maximum Gasteiger partial charge on any atom is 0.278 e. The first kappa shape index (κ1) is 9.67. The highest BCUT2D eigenvalue weighted by Gasteiger charge is 2.11. The highest BCUT2D eigenvalue weighted by atomic mass is 35.5. The van der Waals surface area contributed by atoms with Crippen LogP contribution in [-0.4, -0.2) is 18.2 Å². The molecule has 0 unspecified atom stereocenters. The molecule has 0 heterocycles. The monoisotopic (exact) mass is 198 g/mol. The fourth-order valence-electron chi connectivity index (χ4n) is 0.934. The van der Waals surface area contributed by atoms with Crippen LogP contribution in [0.4, 0.5) is 5.69 Å². The third-order valence-electron chi connectivity index (χ3n) is 1.45. The molecule has 0 aromatic heterocycles. The third-order valence-corrected chi connectivity index (χ3v) is 1.69. The van der Waals surface area contributed by atoms with Crippen LogP contribution < -0.4 is 0 Å². The van der Waals surface area contributed by atoms with Crippen LogP contribution in [0.1, 0.15) is 5.56 Å². The van der Waals surface area contributed by atoms with Crippen molar-refractivity contribution in [1.29, 1.82) is 0 Å². The van der Waals surface area contributed by atoms with E-state index >= 15 is 0 Å². The number of nitro benzene ring substituents is 1. The van der Waals surface area contributed by atoms with Gasteiger partial charge in [0.05, 0.1) is 10.5 Å². The number of halogens is 1. The predicted molar refractivity (Wildman–Crippen MR) is 51.6 cm³/mol. The Bertz CT molecular complexity index is 363. The zero-order valence-corrected chi connectivity index (χ0v) is 7.65. The lowest BCUT2D eigenvalue weighted by atomic mass is 10.2. The Kier molecular flexibility index (Phi) is 2.97. The van der Waals surface area contributed by atoms with Crippen molar-refractivity contribution in [3.63, 3.8) is 0 Å². The molecule has 0 saturated heterocycles. The lowest BCUT2D eigenvalue weighted by molar-refractivity contribution is -0.385. The minimum atomic E-state index is -0.465. The Labute approximate surface area is 80.0 Å². The number of hydrogen-bond donors (Lipinski definition) is 0. The van der Waals surface area contributed by atoms with Gasteiger partial charge in [-0.15, -0.1) is 0 Å². The molecule has 1 rings (SSSR count). The molecule has 68 valence electrons. The first-order valence-electron chi connectivity index (χ1n) is 3.51. The van der Waals surface area contributed by atoms with E-state index in [1.807, 2.05) is 0 Å². The number of hydrogen-bond acceptors (Lipinski definition) is 3. The Morgan fingerprint density at radius 2 is 2.31 bits per heavy atom. The van der Waals surface area contributed by atoms with Crippen LogP contribution in [0.25, 0.3) is 0 Å². The van der Waals surface area contributed by atoms with Gasteiger partial charge < -0.3 is 0 Å². The molecule has 0 bridgehead atoms. The SMILES string of the molecule is C/N=C/c1cc(Cl)ccc1[N+](=O)[O-]. The van der Waals surface area contributed by atoms with Crippen LogP contribution in [0.2, 0.25) is 5.02 Å². The standard InChI is InChI=1S/C8H7ClN2O2/c1-10-5-6-4-7(9)2-3-8(6)11(12)13/h2-5H,1H3/b10-5+. The van der Waals surface area contributed by atoms with E-state index in [1.165, 1.54) is 24.4 Å². The first-order valence-corrected chi connectivity index (χ1v) is 3.89. The molecule has 1 aromatic carbocycles.